The molecule has 0 bridgehead atoms. The van der Waals surface area contributed by atoms with E-state index in [0.717, 1.165) is 5.56 Å². The fourth-order valence-corrected chi connectivity index (χ4v) is 5.35. The topological polar surface area (TPSA) is 135 Å². The van der Waals surface area contributed by atoms with E-state index in [1.54, 1.807) is 25.0 Å². The number of rotatable bonds is 13. The average Bonchev–Trinajstić information content (AvgIpc) is 2.97. The van der Waals surface area contributed by atoms with Crippen molar-refractivity contribution in [3.05, 3.63) is 62.7 Å². The molecular formula is C29H35IN2O8. The van der Waals surface area contributed by atoms with Gasteiger partial charge in [-0.2, -0.15) is 0 Å². The van der Waals surface area contributed by atoms with E-state index in [9.17, 15) is 24.6 Å². The van der Waals surface area contributed by atoms with Crippen LogP contribution in [0.4, 0.5) is 0 Å². The molecule has 3 atom stereocenters. The molecule has 0 aromatic heterocycles. The van der Waals surface area contributed by atoms with E-state index in [-0.39, 0.29) is 31.9 Å². The monoisotopic (exact) mass is 666 g/mol. The number of amides is 2. The molecule has 40 heavy (non-hydrogen) atoms. The van der Waals surface area contributed by atoms with Crippen LogP contribution >= 0.6 is 22.6 Å². The van der Waals surface area contributed by atoms with Crippen molar-refractivity contribution in [2.75, 3.05) is 33.9 Å². The predicted molar refractivity (Wildman–Crippen MR) is 157 cm³/mol. The number of carbonyl (C=O) groups is 3. The molecule has 3 rings (SSSR count). The first-order valence-electron chi connectivity index (χ1n) is 13.0. The average molecular weight is 667 g/mol. The van der Waals surface area contributed by atoms with Crippen molar-refractivity contribution in [1.82, 2.24) is 10.2 Å². The summed E-state index contributed by atoms with van der Waals surface area (Å²) in [4.78, 5) is 39.1. The van der Waals surface area contributed by atoms with Gasteiger partial charge in [-0.3, -0.25) is 14.4 Å². The number of nitrogens with one attached hydrogen (secondary N) is 1. The first-order valence-corrected chi connectivity index (χ1v) is 14.0. The zero-order chi connectivity index (χ0) is 29.2. The standard InChI is InChI=1S/C29H35IN2O8/c1-4-26(35)32(10-8-18-6-5-7-21(12-18)38-2)23-15-20(29(37)31-9-11-33)16-24(27(23)36)40-28-22(30)13-19(17-34)14-25(28)39-3/h5-7,12-14,16-17,23-24,27,33,36H,4,8-11,15H2,1-3H3,(H,31,37). The fraction of sp³-hybridized carbons (Fsp3) is 0.414. The van der Waals surface area contributed by atoms with Crippen molar-refractivity contribution in [1.29, 1.82) is 0 Å². The molecular weight excluding hydrogens is 631 g/mol. The van der Waals surface area contributed by atoms with E-state index >= 15 is 0 Å². The van der Waals surface area contributed by atoms with Crippen molar-refractivity contribution in [3.8, 4) is 17.2 Å². The van der Waals surface area contributed by atoms with E-state index in [1.165, 1.54) is 19.3 Å². The van der Waals surface area contributed by atoms with Gasteiger partial charge in [-0.25, -0.2) is 0 Å². The van der Waals surface area contributed by atoms with Gasteiger partial charge >= 0.3 is 0 Å². The molecule has 0 aliphatic heterocycles. The Balaban J connectivity index is 1.97. The number of halogens is 1. The lowest BCUT2D eigenvalue weighted by Gasteiger charge is -2.40. The Morgan fingerprint density at radius 2 is 1.98 bits per heavy atom. The third kappa shape index (κ3) is 7.73. The van der Waals surface area contributed by atoms with Crippen LogP contribution in [0.5, 0.6) is 17.2 Å². The highest BCUT2D eigenvalue weighted by molar-refractivity contribution is 14.1. The molecule has 0 saturated heterocycles. The van der Waals surface area contributed by atoms with Gasteiger partial charge in [0.05, 0.1) is 30.4 Å². The van der Waals surface area contributed by atoms with Gasteiger partial charge in [-0.1, -0.05) is 19.1 Å². The van der Waals surface area contributed by atoms with E-state index in [4.69, 9.17) is 14.2 Å². The zero-order valence-electron chi connectivity index (χ0n) is 22.8. The molecule has 0 saturated carbocycles. The SMILES string of the molecule is CCC(=O)N(CCc1cccc(OC)c1)C1CC(C(=O)NCCO)=CC(Oc2c(I)cc(C=O)cc2OC)C1O. The number of aldehydes is 1. The van der Waals surface area contributed by atoms with Gasteiger partial charge in [-0.05, 0) is 64.9 Å². The summed E-state index contributed by atoms with van der Waals surface area (Å²) >= 11 is 2.01. The predicted octanol–water partition coefficient (Wildman–Crippen LogP) is 2.52. The second kappa shape index (κ2) is 15.0. The van der Waals surface area contributed by atoms with Crippen molar-refractivity contribution in [2.24, 2.45) is 0 Å². The van der Waals surface area contributed by atoms with Crippen LogP contribution in [0.2, 0.25) is 0 Å². The number of methoxy groups -OCH3 is 2. The van der Waals surface area contributed by atoms with Crippen LogP contribution in [0.1, 0.15) is 35.7 Å². The van der Waals surface area contributed by atoms with Crippen LogP contribution in [0, 0.1) is 3.57 Å². The van der Waals surface area contributed by atoms with Crippen LogP contribution in [-0.4, -0.2) is 85.4 Å². The van der Waals surface area contributed by atoms with Gasteiger partial charge in [0.15, 0.2) is 11.5 Å². The number of nitrogens with zero attached hydrogens (tertiary/aromatic N) is 1. The van der Waals surface area contributed by atoms with E-state index in [0.29, 0.717) is 51.2 Å². The first kappa shape index (κ1) is 31.4. The molecule has 3 unspecified atom stereocenters. The summed E-state index contributed by atoms with van der Waals surface area (Å²) in [5.41, 5.74) is 1.67. The van der Waals surface area contributed by atoms with Crippen LogP contribution in [0.15, 0.2) is 48.0 Å². The second-order valence-electron chi connectivity index (χ2n) is 9.21. The molecule has 0 spiro atoms. The summed E-state index contributed by atoms with van der Waals surface area (Å²) in [6.45, 7) is 1.87. The molecule has 0 fully saturated rings. The molecule has 1 aliphatic carbocycles. The highest BCUT2D eigenvalue weighted by Gasteiger charge is 2.40. The molecule has 216 valence electrons. The lowest BCUT2D eigenvalue weighted by Crippen LogP contribution is -2.55. The van der Waals surface area contributed by atoms with Crippen LogP contribution < -0.4 is 19.5 Å². The Morgan fingerprint density at radius 3 is 2.62 bits per heavy atom. The first-order chi connectivity index (χ1) is 19.3. The Hall–Kier alpha value is -3.16. The fourth-order valence-electron chi connectivity index (χ4n) is 4.59. The minimum absolute atomic E-state index is 0.0568. The third-order valence-corrected chi connectivity index (χ3v) is 7.46. The number of benzene rings is 2. The van der Waals surface area contributed by atoms with Crippen molar-refractivity contribution in [3.63, 3.8) is 0 Å². The molecule has 2 amide bonds. The quantitative estimate of drug-likeness (QED) is 0.220. The van der Waals surface area contributed by atoms with Crippen molar-refractivity contribution >= 4 is 40.7 Å². The number of carbonyl (C=O) groups excluding carboxylic acids is 3. The zero-order valence-corrected chi connectivity index (χ0v) is 24.9. The number of aliphatic hydroxyl groups excluding tert-OH is 2. The molecule has 0 heterocycles. The van der Waals surface area contributed by atoms with Gasteiger partial charge < -0.3 is 34.6 Å². The summed E-state index contributed by atoms with van der Waals surface area (Å²) in [6, 6.07) is 9.92. The van der Waals surface area contributed by atoms with Crippen LogP contribution in [0.3, 0.4) is 0 Å². The van der Waals surface area contributed by atoms with Gasteiger partial charge in [0.2, 0.25) is 11.8 Å². The number of ether oxygens (including phenoxy) is 3. The van der Waals surface area contributed by atoms with E-state index in [1.807, 2.05) is 46.9 Å². The van der Waals surface area contributed by atoms with Gasteiger partial charge in [0.25, 0.3) is 0 Å². The van der Waals surface area contributed by atoms with Gasteiger partial charge in [0.1, 0.15) is 24.2 Å². The summed E-state index contributed by atoms with van der Waals surface area (Å²) in [5.74, 6) is 0.698. The Labute approximate surface area is 247 Å². The molecule has 2 aromatic carbocycles. The maximum Gasteiger partial charge on any atom is 0.247 e. The minimum atomic E-state index is -1.18. The Bertz CT molecular complexity index is 1230. The summed E-state index contributed by atoms with van der Waals surface area (Å²) in [5, 5.41) is 23.4. The lowest BCUT2D eigenvalue weighted by molar-refractivity contribution is -0.138. The normalized spacial score (nSPS) is 18.4. The number of hydrogen-bond donors (Lipinski definition) is 3. The minimum Gasteiger partial charge on any atom is -0.497 e. The highest BCUT2D eigenvalue weighted by Crippen LogP contribution is 2.37. The van der Waals surface area contributed by atoms with Gasteiger partial charge in [-0.15, -0.1) is 0 Å². The lowest BCUT2D eigenvalue weighted by atomic mass is 9.87. The molecule has 11 heteroatoms. The molecule has 1 aliphatic rings. The Kier molecular flexibility index (Phi) is 11.8. The molecule has 0 radical (unpaired) electrons. The summed E-state index contributed by atoms with van der Waals surface area (Å²) < 4.78 is 17.6. The van der Waals surface area contributed by atoms with Crippen molar-refractivity contribution < 1.29 is 38.8 Å². The third-order valence-electron chi connectivity index (χ3n) is 6.65. The molecule has 10 nitrogen and oxygen atoms in total. The summed E-state index contributed by atoms with van der Waals surface area (Å²) in [6.07, 6.45) is 0.852. The smallest absolute Gasteiger partial charge is 0.247 e. The van der Waals surface area contributed by atoms with Gasteiger partial charge in [0, 0.05) is 37.1 Å². The number of hydrogen-bond acceptors (Lipinski definition) is 8. The molecule has 3 N–H and O–H groups in total. The van der Waals surface area contributed by atoms with Crippen LogP contribution in [0.25, 0.3) is 0 Å². The van der Waals surface area contributed by atoms with E-state index < -0.39 is 24.2 Å². The second-order valence-corrected chi connectivity index (χ2v) is 10.4. The highest BCUT2D eigenvalue weighted by atomic mass is 127. The maximum atomic E-state index is 13.2. The number of aliphatic hydroxyl groups is 2. The summed E-state index contributed by atoms with van der Waals surface area (Å²) in [7, 11) is 3.03. The molecule has 2 aromatic rings. The van der Waals surface area contributed by atoms with E-state index in [2.05, 4.69) is 5.32 Å². The van der Waals surface area contributed by atoms with Crippen LogP contribution in [-0.2, 0) is 16.0 Å². The largest absolute Gasteiger partial charge is 0.497 e. The maximum absolute atomic E-state index is 13.2. The Morgan fingerprint density at radius 1 is 1.20 bits per heavy atom. The van der Waals surface area contributed by atoms with Crippen molar-refractivity contribution in [2.45, 2.75) is 44.4 Å².